The maximum Gasteiger partial charge on any atom is 0.0375 e. The zero-order chi connectivity index (χ0) is 16.9. The van der Waals surface area contributed by atoms with Crippen molar-refractivity contribution in [2.75, 3.05) is 5.75 Å². The van der Waals surface area contributed by atoms with E-state index < -0.39 is 0 Å². The highest BCUT2D eigenvalue weighted by Crippen LogP contribution is 2.32. The Hall–Kier alpha value is -2.06. The molecule has 0 fully saturated rings. The molecule has 24 heavy (non-hydrogen) atoms. The van der Waals surface area contributed by atoms with Crippen molar-refractivity contribution in [2.45, 2.75) is 31.6 Å². The molecule has 2 aromatic carbocycles. The van der Waals surface area contributed by atoms with E-state index in [2.05, 4.69) is 86.4 Å². The largest absolute Gasteiger partial charge is 0.262 e. The van der Waals surface area contributed by atoms with Crippen molar-refractivity contribution in [2.24, 2.45) is 0 Å². The van der Waals surface area contributed by atoms with Gasteiger partial charge in [0.1, 0.15) is 0 Å². The van der Waals surface area contributed by atoms with Gasteiger partial charge in [-0.15, -0.1) is 11.8 Å². The number of benzene rings is 2. The average molecular weight is 334 g/mol. The van der Waals surface area contributed by atoms with Gasteiger partial charge in [0.05, 0.1) is 0 Å². The summed E-state index contributed by atoms with van der Waals surface area (Å²) in [5.74, 6) is 1.40. The van der Waals surface area contributed by atoms with Crippen molar-refractivity contribution in [3.05, 3.63) is 94.8 Å². The van der Waals surface area contributed by atoms with Gasteiger partial charge in [0.25, 0.3) is 0 Å². The molecule has 0 bridgehead atoms. The van der Waals surface area contributed by atoms with Gasteiger partial charge in [-0.3, -0.25) is 4.98 Å². The molecular formula is C22H23NS. The fourth-order valence-corrected chi connectivity index (χ4v) is 4.33. The first-order valence-corrected chi connectivity index (χ1v) is 9.29. The zero-order valence-electron chi connectivity index (χ0n) is 14.5. The van der Waals surface area contributed by atoms with Crippen LogP contribution in [0.5, 0.6) is 0 Å². The van der Waals surface area contributed by atoms with Gasteiger partial charge in [-0.2, -0.15) is 0 Å². The van der Waals surface area contributed by atoms with Gasteiger partial charge in [-0.05, 0) is 67.3 Å². The second-order valence-electron chi connectivity index (χ2n) is 6.33. The number of hydrogen-bond acceptors (Lipinski definition) is 2. The molecule has 1 nitrogen and oxygen atoms in total. The van der Waals surface area contributed by atoms with Crippen molar-refractivity contribution in [1.82, 2.24) is 4.98 Å². The molecule has 1 aromatic heterocycles. The minimum absolute atomic E-state index is 0.374. The molecule has 0 aliphatic carbocycles. The molecule has 0 saturated carbocycles. The highest BCUT2D eigenvalue weighted by Gasteiger charge is 2.15. The van der Waals surface area contributed by atoms with E-state index in [-0.39, 0.29) is 0 Å². The number of hydrogen-bond donors (Lipinski definition) is 0. The van der Waals surface area contributed by atoms with Gasteiger partial charge < -0.3 is 0 Å². The number of rotatable bonds is 5. The highest BCUT2D eigenvalue weighted by molar-refractivity contribution is 7.99. The molecule has 122 valence electrons. The van der Waals surface area contributed by atoms with Crippen LogP contribution in [-0.2, 0) is 0 Å². The van der Waals surface area contributed by atoms with Gasteiger partial charge in [0.15, 0.2) is 0 Å². The molecule has 3 aromatic rings. The average Bonchev–Trinajstić information content (AvgIpc) is 2.55. The number of thioether (sulfide) groups is 1. The number of aromatic nitrogens is 1. The van der Waals surface area contributed by atoms with E-state index in [4.69, 9.17) is 0 Å². The predicted octanol–water partition coefficient (Wildman–Crippen LogP) is 5.93. The Morgan fingerprint density at radius 2 is 1.54 bits per heavy atom. The van der Waals surface area contributed by atoms with Crippen molar-refractivity contribution in [3.63, 3.8) is 0 Å². The van der Waals surface area contributed by atoms with Crippen LogP contribution in [0.25, 0.3) is 0 Å². The van der Waals surface area contributed by atoms with Gasteiger partial charge in [-0.1, -0.05) is 36.4 Å². The summed E-state index contributed by atoms with van der Waals surface area (Å²) in [6.07, 6.45) is 1.92. The lowest BCUT2D eigenvalue weighted by atomic mass is 9.93. The Balaban J connectivity index is 1.88. The minimum Gasteiger partial charge on any atom is -0.262 e. The fraction of sp³-hybridized carbons (Fsp3) is 0.227. The maximum absolute atomic E-state index is 4.35. The normalized spacial score (nSPS) is 12.1. The van der Waals surface area contributed by atoms with Crippen LogP contribution in [0.2, 0.25) is 0 Å². The van der Waals surface area contributed by atoms with E-state index in [0.717, 1.165) is 11.4 Å². The Labute approximate surface area is 149 Å². The van der Waals surface area contributed by atoms with Gasteiger partial charge in [0, 0.05) is 28.5 Å². The second kappa shape index (κ2) is 7.67. The summed E-state index contributed by atoms with van der Waals surface area (Å²) in [5, 5.41) is 0. The first-order valence-electron chi connectivity index (χ1n) is 8.30. The van der Waals surface area contributed by atoms with Gasteiger partial charge in [0.2, 0.25) is 0 Å². The summed E-state index contributed by atoms with van der Waals surface area (Å²) in [6.45, 7) is 6.39. The van der Waals surface area contributed by atoms with Crippen LogP contribution in [0.15, 0.2) is 71.8 Å². The van der Waals surface area contributed by atoms with E-state index in [1.807, 2.05) is 18.0 Å². The molecule has 0 N–H and O–H groups in total. The summed E-state index contributed by atoms with van der Waals surface area (Å²) < 4.78 is 0. The molecule has 0 radical (unpaired) electrons. The molecule has 0 aliphatic rings. The summed E-state index contributed by atoms with van der Waals surface area (Å²) in [7, 11) is 0. The van der Waals surface area contributed by atoms with Crippen LogP contribution < -0.4 is 0 Å². The number of pyridine rings is 1. The summed E-state index contributed by atoms with van der Waals surface area (Å²) in [6, 6.07) is 21.9. The molecule has 2 heteroatoms. The van der Waals surface area contributed by atoms with E-state index in [0.29, 0.717) is 5.92 Å². The van der Waals surface area contributed by atoms with E-state index in [1.54, 1.807) is 0 Å². The third kappa shape index (κ3) is 4.27. The van der Waals surface area contributed by atoms with E-state index >= 15 is 0 Å². The Bertz CT molecular complexity index is 791. The molecule has 0 saturated heterocycles. The van der Waals surface area contributed by atoms with Crippen LogP contribution in [0, 0.1) is 20.8 Å². The van der Waals surface area contributed by atoms with E-state index in [1.165, 1.54) is 27.1 Å². The highest BCUT2D eigenvalue weighted by atomic mass is 32.2. The molecule has 0 aliphatic heterocycles. The Kier molecular flexibility index (Phi) is 5.37. The minimum atomic E-state index is 0.374. The predicted molar refractivity (Wildman–Crippen MR) is 104 cm³/mol. The molecule has 1 atom stereocenters. The quantitative estimate of drug-likeness (QED) is 0.537. The standard InChI is InChI=1S/C22H23NS/c1-16-11-17(2)13-21(12-16)24-15-22(19-7-5-4-6-8-19)20-9-10-23-18(3)14-20/h4-14,22H,15H2,1-3H3. The SMILES string of the molecule is Cc1cc(C)cc(SCC(c2ccccc2)c2ccnc(C)c2)c1. The van der Waals surface area contributed by atoms with Gasteiger partial charge >= 0.3 is 0 Å². The van der Waals surface area contributed by atoms with Crippen LogP contribution in [0.1, 0.15) is 33.9 Å². The third-order valence-electron chi connectivity index (χ3n) is 4.14. The van der Waals surface area contributed by atoms with Gasteiger partial charge in [-0.25, -0.2) is 0 Å². The van der Waals surface area contributed by atoms with Crippen molar-refractivity contribution < 1.29 is 0 Å². The van der Waals surface area contributed by atoms with Crippen molar-refractivity contribution in [3.8, 4) is 0 Å². The third-order valence-corrected chi connectivity index (χ3v) is 5.21. The van der Waals surface area contributed by atoms with E-state index in [9.17, 15) is 0 Å². The van der Waals surface area contributed by atoms with Crippen LogP contribution >= 0.6 is 11.8 Å². The first kappa shape index (κ1) is 16.8. The summed E-state index contributed by atoms with van der Waals surface area (Å²) in [5.41, 5.74) is 6.43. The Morgan fingerprint density at radius 1 is 0.833 bits per heavy atom. The summed E-state index contributed by atoms with van der Waals surface area (Å²) >= 11 is 1.93. The monoisotopic (exact) mass is 333 g/mol. The van der Waals surface area contributed by atoms with Crippen LogP contribution in [0.4, 0.5) is 0 Å². The topological polar surface area (TPSA) is 12.9 Å². The smallest absolute Gasteiger partial charge is 0.0375 e. The molecule has 1 unspecified atom stereocenters. The van der Waals surface area contributed by atoms with Crippen molar-refractivity contribution in [1.29, 1.82) is 0 Å². The van der Waals surface area contributed by atoms with Crippen LogP contribution in [0.3, 0.4) is 0 Å². The molecule has 1 heterocycles. The molecular weight excluding hydrogens is 310 g/mol. The maximum atomic E-state index is 4.35. The second-order valence-corrected chi connectivity index (χ2v) is 7.42. The molecule has 3 rings (SSSR count). The molecule has 0 amide bonds. The van der Waals surface area contributed by atoms with Crippen LogP contribution in [-0.4, -0.2) is 10.7 Å². The zero-order valence-corrected chi connectivity index (χ0v) is 15.3. The lowest BCUT2D eigenvalue weighted by Crippen LogP contribution is -2.05. The lowest BCUT2D eigenvalue weighted by Gasteiger charge is -2.18. The first-order chi connectivity index (χ1) is 11.6. The number of nitrogens with zero attached hydrogens (tertiary/aromatic N) is 1. The lowest BCUT2D eigenvalue weighted by molar-refractivity contribution is 0.925. The van der Waals surface area contributed by atoms with Crippen molar-refractivity contribution >= 4 is 11.8 Å². The number of aryl methyl sites for hydroxylation is 3. The molecule has 0 spiro atoms. The Morgan fingerprint density at radius 3 is 2.21 bits per heavy atom. The fourth-order valence-electron chi connectivity index (χ4n) is 3.05. The summed E-state index contributed by atoms with van der Waals surface area (Å²) in [4.78, 5) is 5.70.